The summed E-state index contributed by atoms with van der Waals surface area (Å²) in [6.45, 7) is 6.09. The number of rotatable bonds is 7. The van der Waals surface area contributed by atoms with Crippen molar-refractivity contribution in [1.82, 2.24) is 0 Å². The highest BCUT2D eigenvalue weighted by Crippen LogP contribution is 2.17. The summed E-state index contributed by atoms with van der Waals surface area (Å²) in [5.41, 5.74) is 0. The molecule has 0 saturated heterocycles. The molecule has 1 nitrogen and oxygen atoms in total. The topological polar surface area (TPSA) is 17.1 Å². The van der Waals surface area contributed by atoms with Crippen LogP contribution in [0.1, 0.15) is 46.5 Å². The van der Waals surface area contributed by atoms with Gasteiger partial charge in [-0.3, -0.25) is 0 Å². The molecule has 0 aliphatic heterocycles. The standard InChI is InChI=1S/C10H20OS/c1-4-5-8-12-10(3)7-6-9(2)11/h10H,4-8H2,1-3H3. The Labute approximate surface area is 80.3 Å². The molecule has 0 rings (SSSR count). The number of carbonyl (C=O) groups is 1. The van der Waals surface area contributed by atoms with Crippen molar-refractivity contribution in [2.24, 2.45) is 0 Å². The average molecular weight is 188 g/mol. The summed E-state index contributed by atoms with van der Waals surface area (Å²) >= 11 is 1.99. The fourth-order valence-corrected chi connectivity index (χ4v) is 2.06. The van der Waals surface area contributed by atoms with E-state index >= 15 is 0 Å². The summed E-state index contributed by atoms with van der Waals surface area (Å²) in [7, 11) is 0. The van der Waals surface area contributed by atoms with Crippen molar-refractivity contribution in [3.05, 3.63) is 0 Å². The molecule has 0 amide bonds. The summed E-state index contributed by atoms with van der Waals surface area (Å²) in [5, 5.41) is 0.653. The van der Waals surface area contributed by atoms with Crippen molar-refractivity contribution in [1.29, 1.82) is 0 Å². The Morgan fingerprint density at radius 3 is 2.67 bits per heavy atom. The summed E-state index contributed by atoms with van der Waals surface area (Å²) in [6.07, 6.45) is 4.37. The van der Waals surface area contributed by atoms with E-state index in [1.807, 2.05) is 11.8 Å². The molecule has 2 heteroatoms. The third kappa shape index (κ3) is 8.12. The van der Waals surface area contributed by atoms with Gasteiger partial charge in [-0.25, -0.2) is 0 Å². The molecule has 0 saturated carbocycles. The highest BCUT2D eigenvalue weighted by molar-refractivity contribution is 7.99. The van der Waals surface area contributed by atoms with Gasteiger partial charge in [0.15, 0.2) is 0 Å². The zero-order valence-electron chi connectivity index (χ0n) is 8.43. The number of unbranched alkanes of at least 4 members (excludes halogenated alkanes) is 1. The smallest absolute Gasteiger partial charge is 0.129 e. The van der Waals surface area contributed by atoms with Gasteiger partial charge in [0.05, 0.1) is 0 Å². The molecule has 72 valence electrons. The van der Waals surface area contributed by atoms with Crippen LogP contribution in [0.15, 0.2) is 0 Å². The van der Waals surface area contributed by atoms with E-state index in [0.717, 1.165) is 12.8 Å². The van der Waals surface area contributed by atoms with E-state index in [2.05, 4.69) is 13.8 Å². The Balaban J connectivity index is 3.21. The van der Waals surface area contributed by atoms with Gasteiger partial charge in [0, 0.05) is 11.7 Å². The SMILES string of the molecule is CCCCSC(C)CCC(C)=O. The van der Waals surface area contributed by atoms with E-state index in [1.54, 1.807) is 6.92 Å². The van der Waals surface area contributed by atoms with Crippen LogP contribution in [0.4, 0.5) is 0 Å². The summed E-state index contributed by atoms with van der Waals surface area (Å²) in [6, 6.07) is 0. The highest BCUT2D eigenvalue weighted by Gasteiger charge is 2.03. The second-order valence-electron chi connectivity index (χ2n) is 3.28. The van der Waals surface area contributed by atoms with E-state index in [9.17, 15) is 4.79 Å². The Bertz CT molecular complexity index is 123. The number of carbonyl (C=O) groups excluding carboxylic acids is 1. The molecule has 12 heavy (non-hydrogen) atoms. The fourth-order valence-electron chi connectivity index (χ4n) is 0.919. The Morgan fingerprint density at radius 1 is 1.50 bits per heavy atom. The predicted molar refractivity (Wildman–Crippen MR) is 56.7 cm³/mol. The largest absolute Gasteiger partial charge is 0.300 e. The van der Waals surface area contributed by atoms with E-state index in [0.29, 0.717) is 11.0 Å². The molecule has 0 heterocycles. The predicted octanol–water partition coefficient (Wildman–Crippen LogP) is 3.28. The maximum Gasteiger partial charge on any atom is 0.129 e. The molecular weight excluding hydrogens is 168 g/mol. The molecule has 0 aromatic rings. The van der Waals surface area contributed by atoms with Crippen molar-refractivity contribution in [2.45, 2.75) is 51.7 Å². The molecule has 0 bridgehead atoms. The molecule has 0 N–H and O–H groups in total. The van der Waals surface area contributed by atoms with Gasteiger partial charge in [-0.05, 0) is 25.5 Å². The minimum atomic E-state index is 0.318. The third-order valence-electron chi connectivity index (χ3n) is 1.80. The second kappa shape index (κ2) is 7.66. The van der Waals surface area contributed by atoms with Crippen LogP contribution in [-0.2, 0) is 4.79 Å². The maximum atomic E-state index is 10.7. The first kappa shape index (κ1) is 12.0. The zero-order chi connectivity index (χ0) is 9.40. The van der Waals surface area contributed by atoms with Crippen LogP contribution in [0.2, 0.25) is 0 Å². The van der Waals surface area contributed by atoms with Crippen molar-refractivity contribution in [3.63, 3.8) is 0 Å². The maximum absolute atomic E-state index is 10.7. The van der Waals surface area contributed by atoms with Gasteiger partial charge in [-0.15, -0.1) is 0 Å². The van der Waals surface area contributed by atoms with Gasteiger partial charge in [0.1, 0.15) is 5.78 Å². The number of Topliss-reactive ketones (excluding diaryl/α,β-unsaturated/α-hetero) is 1. The minimum Gasteiger partial charge on any atom is -0.300 e. The van der Waals surface area contributed by atoms with Gasteiger partial charge in [0.25, 0.3) is 0 Å². The molecule has 0 aliphatic carbocycles. The van der Waals surface area contributed by atoms with E-state index in [1.165, 1.54) is 18.6 Å². The molecule has 1 unspecified atom stereocenters. The molecule has 0 radical (unpaired) electrons. The van der Waals surface area contributed by atoms with Crippen LogP contribution < -0.4 is 0 Å². The number of ketones is 1. The van der Waals surface area contributed by atoms with E-state index in [-0.39, 0.29) is 0 Å². The average Bonchev–Trinajstić information content (AvgIpc) is 2.01. The monoisotopic (exact) mass is 188 g/mol. The molecule has 0 aliphatic rings. The molecule has 0 fully saturated rings. The van der Waals surface area contributed by atoms with Crippen LogP contribution in [-0.4, -0.2) is 16.8 Å². The first-order chi connectivity index (χ1) is 5.66. The van der Waals surface area contributed by atoms with Gasteiger partial charge >= 0.3 is 0 Å². The lowest BCUT2D eigenvalue weighted by molar-refractivity contribution is -0.117. The summed E-state index contributed by atoms with van der Waals surface area (Å²) < 4.78 is 0. The molecular formula is C10H20OS. The van der Waals surface area contributed by atoms with Gasteiger partial charge in [-0.1, -0.05) is 20.3 Å². The lowest BCUT2D eigenvalue weighted by Crippen LogP contribution is -2.01. The second-order valence-corrected chi connectivity index (χ2v) is 4.82. The number of hydrogen-bond donors (Lipinski definition) is 0. The van der Waals surface area contributed by atoms with E-state index in [4.69, 9.17) is 0 Å². The highest BCUT2D eigenvalue weighted by atomic mass is 32.2. The summed E-state index contributed by atoms with van der Waals surface area (Å²) in [5.74, 6) is 1.56. The van der Waals surface area contributed by atoms with Crippen LogP contribution in [0.25, 0.3) is 0 Å². The van der Waals surface area contributed by atoms with E-state index < -0.39 is 0 Å². The molecule has 0 aromatic carbocycles. The van der Waals surface area contributed by atoms with Gasteiger partial charge in [-0.2, -0.15) is 11.8 Å². The lowest BCUT2D eigenvalue weighted by Gasteiger charge is -2.08. The van der Waals surface area contributed by atoms with Crippen molar-refractivity contribution >= 4 is 17.5 Å². The lowest BCUT2D eigenvalue weighted by atomic mass is 10.2. The molecule has 1 atom stereocenters. The summed E-state index contributed by atoms with van der Waals surface area (Å²) in [4.78, 5) is 10.7. The minimum absolute atomic E-state index is 0.318. The van der Waals surface area contributed by atoms with Gasteiger partial charge in [0.2, 0.25) is 0 Å². The fraction of sp³-hybridized carbons (Fsp3) is 0.900. The van der Waals surface area contributed by atoms with Crippen LogP contribution in [0.5, 0.6) is 0 Å². The Kier molecular flexibility index (Phi) is 7.67. The first-order valence-corrected chi connectivity index (χ1v) is 5.82. The zero-order valence-corrected chi connectivity index (χ0v) is 9.25. The quantitative estimate of drug-likeness (QED) is 0.570. The normalized spacial score (nSPS) is 12.9. The van der Waals surface area contributed by atoms with Crippen molar-refractivity contribution in [3.8, 4) is 0 Å². The number of hydrogen-bond acceptors (Lipinski definition) is 2. The number of thioether (sulfide) groups is 1. The molecule has 0 aromatic heterocycles. The first-order valence-electron chi connectivity index (χ1n) is 4.77. The van der Waals surface area contributed by atoms with Crippen LogP contribution in [0.3, 0.4) is 0 Å². The molecule has 0 spiro atoms. The van der Waals surface area contributed by atoms with Crippen molar-refractivity contribution in [2.75, 3.05) is 5.75 Å². The van der Waals surface area contributed by atoms with Crippen LogP contribution >= 0.6 is 11.8 Å². The van der Waals surface area contributed by atoms with Crippen molar-refractivity contribution < 1.29 is 4.79 Å². The van der Waals surface area contributed by atoms with Crippen LogP contribution in [0, 0.1) is 0 Å². The Morgan fingerprint density at radius 2 is 2.17 bits per heavy atom. The third-order valence-corrected chi connectivity index (χ3v) is 3.13. The van der Waals surface area contributed by atoms with Gasteiger partial charge < -0.3 is 4.79 Å². The Hall–Kier alpha value is 0.0200.